The standard InChI is InChI=1S/C23H18F3N7O2/c1-32-11-13(4-7-18(32)34)20-21(12-2-5-14(24)6-3-12)30-23(27)31-22(20)33(28)19(35)9-17-16(26)8-15(25)10-29-17/h2-8,10-11H,9,28H2,1H3,(H2,27,30,31). The van der Waals surface area contributed by atoms with Gasteiger partial charge in [-0.25, -0.2) is 29.0 Å². The minimum atomic E-state index is -1.01. The number of hydrogen-bond acceptors (Lipinski definition) is 7. The lowest BCUT2D eigenvalue weighted by Crippen LogP contribution is -2.40. The summed E-state index contributed by atoms with van der Waals surface area (Å²) in [6, 6.07) is 8.71. The molecule has 0 fully saturated rings. The van der Waals surface area contributed by atoms with E-state index in [4.69, 9.17) is 11.6 Å². The van der Waals surface area contributed by atoms with Crippen molar-refractivity contribution >= 4 is 17.7 Å². The molecule has 0 unspecified atom stereocenters. The number of halogens is 3. The Balaban J connectivity index is 1.88. The molecule has 0 atom stereocenters. The van der Waals surface area contributed by atoms with E-state index in [2.05, 4.69) is 15.0 Å². The largest absolute Gasteiger partial charge is 0.368 e. The van der Waals surface area contributed by atoms with Gasteiger partial charge in [-0.2, -0.15) is 4.98 Å². The number of anilines is 2. The number of pyridine rings is 2. The normalized spacial score (nSPS) is 10.9. The average molecular weight is 481 g/mol. The van der Waals surface area contributed by atoms with Crippen LogP contribution in [0.1, 0.15) is 5.69 Å². The molecule has 4 aromatic rings. The van der Waals surface area contributed by atoms with Crippen LogP contribution in [0.2, 0.25) is 0 Å². The number of hydrogen-bond donors (Lipinski definition) is 2. The molecule has 9 nitrogen and oxygen atoms in total. The highest BCUT2D eigenvalue weighted by molar-refractivity contribution is 5.99. The van der Waals surface area contributed by atoms with Crippen LogP contribution < -0.4 is 22.1 Å². The molecule has 35 heavy (non-hydrogen) atoms. The van der Waals surface area contributed by atoms with Crippen LogP contribution in [0.3, 0.4) is 0 Å². The monoisotopic (exact) mass is 481 g/mol. The van der Waals surface area contributed by atoms with Gasteiger partial charge in [-0.1, -0.05) is 0 Å². The van der Waals surface area contributed by atoms with E-state index in [-0.39, 0.29) is 34.3 Å². The number of amides is 1. The number of nitrogens with two attached hydrogens (primary N) is 2. The van der Waals surface area contributed by atoms with Gasteiger partial charge in [-0.3, -0.25) is 14.6 Å². The van der Waals surface area contributed by atoms with E-state index in [0.29, 0.717) is 22.2 Å². The zero-order chi connectivity index (χ0) is 25.3. The van der Waals surface area contributed by atoms with Crippen LogP contribution in [0, 0.1) is 17.5 Å². The second-order valence-corrected chi connectivity index (χ2v) is 7.53. The number of nitrogen functional groups attached to an aromatic ring is 1. The predicted molar refractivity (Wildman–Crippen MR) is 122 cm³/mol. The summed E-state index contributed by atoms with van der Waals surface area (Å²) in [5.74, 6) is 2.47. The maximum atomic E-state index is 14.1. The van der Waals surface area contributed by atoms with E-state index in [1.165, 1.54) is 54.2 Å². The molecular weight excluding hydrogens is 463 g/mol. The molecule has 3 aromatic heterocycles. The third-order valence-corrected chi connectivity index (χ3v) is 5.10. The topological polar surface area (TPSA) is 133 Å². The lowest BCUT2D eigenvalue weighted by molar-refractivity contribution is -0.118. The van der Waals surface area contributed by atoms with Crippen molar-refractivity contribution in [1.29, 1.82) is 0 Å². The molecule has 0 aliphatic heterocycles. The van der Waals surface area contributed by atoms with Crippen LogP contribution in [0.15, 0.2) is 59.7 Å². The van der Waals surface area contributed by atoms with Crippen LogP contribution in [0.25, 0.3) is 22.4 Å². The quantitative estimate of drug-likeness (QED) is 0.254. The minimum absolute atomic E-state index is 0.150. The lowest BCUT2D eigenvalue weighted by Gasteiger charge is -2.22. The van der Waals surface area contributed by atoms with E-state index in [0.717, 1.165) is 6.20 Å². The Morgan fingerprint density at radius 1 is 1.03 bits per heavy atom. The maximum Gasteiger partial charge on any atom is 0.250 e. The molecule has 4 N–H and O–H groups in total. The fourth-order valence-corrected chi connectivity index (χ4v) is 3.38. The van der Waals surface area contributed by atoms with Gasteiger partial charge in [-0.15, -0.1) is 0 Å². The van der Waals surface area contributed by atoms with E-state index in [1.807, 2.05) is 0 Å². The number of nitrogens with zero attached hydrogens (tertiary/aromatic N) is 5. The summed E-state index contributed by atoms with van der Waals surface area (Å²) < 4.78 is 42.1. The number of hydrazine groups is 1. The number of carbonyl (C=O) groups is 1. The van der Waals surface area contributed by atoms with Crippen LogP contribution >= 0.6 is 0 Å². The summed E-state index contributed by atoms with van der Waals surface area (Å²) in [5, 5.41) is 0.649. The highest BCUT2D eigenvalue weighted by atomic mass is 19.1. The van der Waals surface area contributed by atoms with E-state index in [1.54, 1.807) is 0 Å². The van der Waals surface area contributed by atoms with Crippen molar-refractivity contribution in [2.75, 3.05) is 10.7 Å². The second-order valence-electron chi connectivity index (χ2n) is 7.53. The second kappa shape index (κ2) is 9.35. The molecule has 0 saturated carbocycles. The van der Waals surface area contributed by atoms with Gasteiger partial charge in [0.1, 0.15) is 17.5 Å². The van der Waals surface area contributed by atoms with E-state index < -0.39 is 29.8 Å². The van der Waals surface area contributed by atoms with Gasteiger partial charge >= 0.3 is 0 Å². The van der Waals surface area contributed by atoms with Crippen LogP contribution in [-0.2, 0) is 18.3 Å². The number of benzene rings is 1. The van der Waals surface area contributed by atoms with Crippen molar-refractivity contribution in [2.45, 2.75) is 6.42 Å². The molecule has 0 radical (unpaired) electrons. The molecule has 12 heteroatoms. The zero-order valence-corrected chi connectivity index (χ0v) is 18.2. The Kier molecular flexibility index (Phi) is 6.30. The van der Waals surface area contributed by atoms with Gasteiger partial charge in [0.15, 0.2) is 5.82 Å². The minimum Gasteiger partial charge on any atom is -0.368 e. The average Bonchev–Trinajstić information content (AvgIpc) is 2.82. The van der Waals surface area contributed by atoms with Crippen molar-refractivity contribution in [1.82, 2.24) is 19.5 Å². The van der Waals surface area contributed by atoms with Crippen LogP contribution in [0.4, 0.5) is 24.9 Å². The Labute approximate surface area is 196 Å². The van der Waals surface area contributed by atoms with Gasteiger partial charge in [0, 0.05) is 36.5 Å². The molecule has 0 aliphatic rings. The molecule has 0 saturated heterocycles. The molecule has 1 aromatic carbocycles. The van der Waals surface area contributed by atoms with E-state index >= 15 is 0 Å². The summed E-state index contributed by atoms with van der Waals surface area (Å²) in [4.78, 5) is 36.9. The van der Waals surface area contributed by atoms with E-state index in [9.17, 15) is 22.8 Å². The van der Waals surface area contributed by atoms with Crippen molar-refractivity contribution in [2.24, 2.45) is 12.9 Å². The van der Waals surface area contributed by atoms with Gasteiger partial charge < -0.3 is 10.3 Å². The van der Waals surface area contributed by atoms with Gasteiger partial charge in [0.2, 0.25) is 17.4 Å². The predicted octanol–water partition coefficient (Wildman–Crippen LogP) is 2.35. The molecule has 178 valence electrons. The van der Waals surface area contributed by atoms with Crippen LogP contribution in [-0.4, -0.2) is 25.4 Å². The first kappa shape index (κ1) is 23.6. The Bertz CT molecular complexity index is 1490. The fourth-order valence-electron chi connectivity index (χ4n) is 3.38. The summed E-state index contributed by atoms with van der Waals surface area (Å²) in [7, 11) is 1.52. The first-order valence-corrected chi connectivity index (χ1v) is 10.1. The first-order chi connectivity index (χ1) is 16.6. The highest BCUT2D eigenvalue weighted by Crippen LogP contribution is 2.37. The molecule has 3 heterocycles. The molecule has 1 amide bonds. The van der Waals surface area contributed by atoms with Crippen molar-refractivity contribution in [3.63, 3.8) is 0 Å². The molecular formula is C23H18F3N7O2. The number of carbonyl (C=O) groups excluding carboxylic acids is 1. The maximum absolute atomic E-state index is 14.1. The third kappa shape index (κ3) is 4.87. The SMILES string of the molecule is Cn1cc(-c2c(-c3ccc(F)cc3)nc(N)nc2N(N)C(=O)Cc2ncc(F)cc2F)ccc1=O. The smallest absolute Gasteiger partial charge is 0.250 e. The molecule has 4 rings (SSSR count). The molecule has 0 aliphatic carbocycles. The summed E-state index contributed by atoms with van der Waals surface area (Å²) in [5.41, 5.74) is 6.53. The third-order valence-electron chi connectivity index (χ3n) is 5.10. The van der Waals surface area contributed by atoms with Gasteiger partial charge in [0.05, 0.1) is 29.6 Å². The highest BCUT2D eigenvalue weighted by Gasteiger charge is 2.25. The summed E-state index contributed by atoms with van der Waals surface area (Å²) in [6.45, 7) is 0. The molecule has 0 spiro atoms. The number of aryl methyl sites for hydroxylation is 1. The van der Waals surface area contributed by atoms with Crippen LogP contribution in [0.5, 0.6) is 0 Å². The van der Waals surface area contributed by atoms with Crippen molar-refractivity contribution in [3.05, 3.63) is 88.4 Å². The van der Waals surface area contributed by atoms with Crippen molar-refractivity contribution in [3.8, 4) is 22.4 Å². The summed E-state index contributed by atoms with van der Waals surface area (Å²) in [6.07, 6.45) is 1.65. The number of rotatable bonds is 5. The fraction of sp³-hybridized carbons (Fsp3) is 0.0870. The first-order valence-electron chi connectivity index (χ1n) is 10.1. The van der Waals surface area contributed by atoms with Gasteiger partial charge in [-0.05, 0) is 30.3 Å². The Hall–Kier alpha value is -4.58. The van der Waals surface area contributed by atoms with Gasteiger partial charge in [0.25, 0.3) is 0 Å². The Morgan fingerprint density at radius 3 is 2.37 bits per heavy atom. The Morgan fingerprint density at radius 2 is 1.71 bits per heavy atom. The zero-order valence-electron chi connectivity index (χ0n) is 18.2. The summed E-state index contributed by atoms with van der Waals surface area (Å²) >= 11 is 0. The number of aromatic nitrogens is 4. The van der Waals surface area contributed by atoms with Crippen molar-refractivity contribution < 1.29 is 18.0 Å². The molecule has 0 bridgehead atoms. The lowest BCUT2D eigenvalue weighted by atomic mass is 10.0.